The molecule has 3 heterocycles. The Morgan fingerprint density at radius 2 is 0.791 bits per heavy atom. The van der Waals surface area contributed by atoms with Gasteiger partial charge in [-0.1, -0.05) is 127 Å². The summed E-state index contributed by atoms with van der Waals surface area (Å²) in [6, 6.07) is 15.0. The Morgan fingerprint density at radius 1 is 0.326 bits per heavy atom. The van der Waals surface area contributed by atoms with E-state index in [0.29, 0.717) is 0 Å². The summed E-state index contributed by atoms with van der Waals surface area (Å²) in [6.45, 7) is 0. The van der Waals surface area contributed by atoms with Crippen molar-refractivity contribution < 1.29 is 4.42 Å². The standard InChI is InChI=1S/C54H63B28N3O/c55-11-1-2-14(24(59)19(11)20-29(64)34(69)38(73)35(70)30(20)65)84(7-3-10(23(58)13(57)4-7)17-26(61)32(67)37(72)33(68)27(17)62)50-18-9-5-12(56)8(16-25(60)21-22-31(66)36(71)41(76)47(82)54(22)86-53(21)46(81)28(16)63)6-15(9)85-51(18)48(43(78)45(50)80)83-49-42(77)39(74)40(75)44(79)52(49)85/h1-6,83H,55-82H2. The minimum atomic E-state index is 1.01. The molecule has 1 aliphatic rings. The van der Waals surface area contributed by atoms with Crippen LogP contribution in [0, 0.1) is 0 Å². The van der Waals surface area contributed by atoms with Crippen LogP contribution >= 0.6 is 0 Å². The first-order valence-corrected chi connectivity index (χ1v) is 31.5. The number of furan rings is 1. The summed E-state index contributed by atoms with van der Waals surface area (Å²) in [5, 5.41) is 9.23. The van der Waals surface area contributed by atoms with Crippen LogP contribution in [0.25, 0.3) is 82.8 Å². The maximum absolute atomic E-state index is 7.03. The van der Waals surface area contributed by atoms with Crippen LogP contribution < -0.4 is 163 Å². The number of nitrogens with one attached hydrogen (secondary N) is 1. The van der Waals surface area contributed by atoms with Crippen LogP contribution in [0.15, 0.2) is 40.8 Å². The second-order valence-corrected chi connectivity index (χ2v) is 27.0. The van der Waals surface area contributed by atoms with Crippen LogP contribution in [0.1, 0.15) is 0 Å². The van der Waals surface area contributed by atoms with Crippen molar-refractivity contribution >= 4 is 445 Å². The van der Waals surface area contributed by atoms with E-state index in [1.54, 1.807) is 0 Å². The first kappa shape index (κ1) is 60.3. The molecule has 0 radical (unpaired) electrons. The minimum Gasteiger partial charge on any atom is -0.457 e. The number of nitrogens with zero attached hydrogens (tertiary/aromatic N) is 2. The van der Waals surface area contributed by atoms with Gasteiger partial charge in [0.05, 0.1) is 28.1 Å². The average Bonchev–Trinajstić information content (AvgIpc) is 1.51. The second kappa shape index (κ2) is 20.8. The molecule has 0 spiro atoms. The van der Waals surface area contributed by atoms with E-state index in [0.717, 1.165) is 16.9 Å². The fourth-order valence-corrected chi connectivity index (χ4v) is 16.1. The first-order chi connectivity index (χ1) is 40.4. The van der Waals surface area contributed by atoms with Gasteiger partial charge in [0.2, 0.25) is 0 Å². The number of hydrogen-bond acceptors (Lipinski definition) is 3. The van der Waals surface area contributed by atoms with E-state index in [9.17, 15) is 0 Å². The number of hydrogen-bond donors (Lipinski definition) is 1. The van der Waals surface area contributed by atoms with Gasteiger partial charge >= 0.3 is 0 Å². The molecule has 0 bridgehead atoms. The summed E-state index contributed by atoms with van der Waals surface area (Å²) in [4.78, 5) is 2.71. The van der Waals surface area contributed by atoms with Crippen molar-refractivity contribution in [3.05, 3.63) is 36.4 Å². The summed E-state index contributed by atoms with van der Waals surface area (Å²) < 4.78 is 9.72. The molecule has 11 aromatic rings. The van der Waals surface area contributed by atoms with Crippen molar-refractivity contribution in [1.82, 2.24) is 4.57 Å². The van der Waals surface area contributed by atoms with Crippen LogP contribution in [0.5, 0.6) is 0 Å². The molecule has 32 heteroatoms. The van der Waals surface area contributed by atoms with Crippen LogP contribution in [0.2, 0.25) is 0 Å². The lowest BCUT2D eigenvalue weighted by Crippen LogP contribution is -2.56. The monoisotopic (exact) mass is 1080 g/mol. The molecule has 0 amide bonds. The first-order valence-electron chi connectivity index (χ1n) is 31.5. The number of aromatic nitrogens is 1. The van der Waals surface area contributed by atoms with E-state index in [1.807, 2.05) is 0 Å². The minimum absolute atomic E-state index is 1.01. The van der Waals surface area contributed by atoms with Crippen molar-refractivity contribution in [3.63, 3.8) is 0 Å². The van der Waals surface area contributed by atoms with Gasteiger partial charge in [0, 0.05) is 38.6 Å². The van der Waals surface area contributed by atoms with Crippen LogP contribution in [0.4, 0.5) is 28.4 Å². The van der Waals surface area contributed by atoms with E-state index in [1.165, 1.54) is 247 Å². The van der Waals surface area contributed by atoms with Gasteiger partial charge in [-0.15, -0.1) is 38.2 Å². The summed E-state index contributed by atoms with van der Waals surface area (Å²) in [6.07, 6.45) is 0. The molecule has 0 unspecified atom stereocenters. The molecule has 12 rings (SSSR count). The second-order valence-electron chi connectivity index (χ2n) is 27.0. The van der Waals surface area contributed by atoms with E-state index in [4.69, 9.17) is 4.42 Å². The molecule has 0 fully saturated rings. The molecule has 0 saturated carbocycles. The maximum Gasteiger partial charge on any atom is 0.143 e. The maximum atomic E-state index is 7.03. The summed E-state index contributed by atoms with van der Waals surface area (Å²) in [5.74, 6) is 0. The van der Waals surface area contributed by atoms with E-state index in [2.05, 4.69) is 271 Å². The summed E-state index contributed by atoms with van der Waals surface area (Å²) in [5.41, 5.74) is 56.3. The van der Waals surface area contributed by atoms with Gasteiger partial charge < -0.3 is 19.2 Å². The lowest BCUT2D eigenvalue weighted by atomic mass is 9.58. The molecule has 0 atom stereocenters. The molecule has 86 heavy (non-hydrogen) atoms. The molecule has 1 aliphatic heterocycles. The van der Waals surface area contributed by atoms with E-state index < -0.39 is 0 Å². The Morgan fingerprint density at radius 3 is 1.38 bits per heavy atom. The lowest BCUT2D eigenvalue weighted by Gasteiger charge is -2.36. The Bertz CT molecular complexity index is 4970. The third kappa shape index (κ3) is 8.10. The predicted molar refractivity (Wildman–Crippen MR) is 471 cm³/mol. The Labute approximate surface area is 535 Å². The van der Waals surface area contributed by atoms with Gasteiger partial charge in [0.15, 0.2) is 0 Å². The van der Waals surface area contributed by atoms with Crippen molar-refractivity contribution in [2.24, 2.45) is 0 Å². The van der Waals surface area contributed by atoms with Crippen LogP contribution in [-0.4, -0.2) is 224 Å². The van der Waals surface area contributed by atoms with Gasteiger partial charge in [0.25, 0.3) is 0 Å². The Balaban J connectivity index is 1.28. The quantitative estimate of drug-likeness (QED) is 0.169. The molecular formula is C54H63B28N3O. The average molecular weight is 1070 g/mol. The zero-order valence-corrected chi connectivity index (χ0v) is 57.3. The van der Waals surface area contributed by atoms with Crippen LogP contribution in [-0.2, 0) is 0 Å². The van der Waals surface area contributed by atoms with E-state index in [-0.39, 0.29) is 0 Å². The fourth-order valence-electron chi connectivity index (χ4n) is 16.1. The predicted octanol–water partition coefficient (Wildman–Crippen LogP) is -33.6. The molecule has 0 saturated heterocycles. The molecular weight excluding hydrogens is 1010 g/mol. The number of benzene rings is 9. The van der Waals surface area contributed by atoms with Gasteiger partial charge in [-0.25, -0.2) is 0 Å². The highest BCUT2D eigenvalue weighted by Gasteiger charge is 2.35. The van der Waals surface area contributed by atoms with Gasteiger partial charge in [-0.2, -0.15) is 0 Å². The zero-order valence-electron chi connectivity index (χ0n) is 57.3. The summed E-state index contributed by atoms with van der Waals surface area (Å²) >= 11 is 0. The highest BCUT2D eigenvalue weighted by molar-refractivity contribution is 6.73. The van der Waals surface area contributed by atoms with Crippen molar-refractivity contribution in [3.8, 4) is 39.1 Å². The largest absolute Gasteiger partial charge is 0.457 e. The number of rotatable bonds is 6. The van der Waals surface area contributed by atoms with Crippen LogP contribution in [0.3, 0.4) is 0 Å². The highest BCUT2D eigenvalue weighted by Crippen LogP contribution is 2.48. The third-order valence-corrected chi connectivity index (χ3v) is 23.4. The molecule has 384 valence electrons. The van der Waals surface area contributed by atoms with E-state index >= 15 is 0 Å². The Kier molecular flexibility index (Phi) is 14.6. The fraction of sp³-hybridized carbons (Fsp3) is 0. The van der Waals surface area contributed by atoms with Gasteiger partial charge in [0.1, 0.15) is 231 Å². The molecule has 9 aromatic carbocycles. The topological polar surface area (TPSA) is 33.3 Å². The third-order valence-electron chi connectivity index (χ3n) is 23.4. The molecule has 4 nitrogen and oxygen atoms in total. The highest BCUT2D eigenvalue weighted by atomic mass is 16.3. The van der Waals surface area contributed by atoms with Gasteiger partial charge in [-0.05, 0) is 57.6 Å². The number of anilines is 5. The smallest absolute Gasteiger partial charge is 0.143 e. The lowest BCUT2D eigenvalue weighted by molar-refractivity contribution is 0.675. The molecule has 1 N–H and O–H groups in total. The van der Waals surface area contributed by atoms with Crippen molar-refractivity contribution in [2.75, 3.05) is 10.2 Å². The Hall–Kier alpha value is -6.00. The van der Waals surface area contributed by atoms with Gasteiger partial charge in [-0.3, -0.25) is 0 Å². The zero-order chi connectivity index (χ0) is 62.5. The molecule has 0 aliphatic carbocycles. The summed E-state index contributed by atoms with van der Waals surface area (Å²) in [7, 11) is 65.1. The molecule has 2 aromatic heterocycles. The SMILES string of the molecule is Bc1cc2c3c(N(c4cc(B)c(B)c(-c5c(B)c(B)c(B)c(B)c5B)c4)c4ccc(B)c(-c5c(B)c(B)c(B)c(B)c5B)c4B)c(B)c(B)c4c3n(c2cc1-c1c(B)c(B)c2oc3c(B)c(B)c(B)c(B)c3c2c1B)-c1c(B)c(B)c(B)c(B)c1N4. The van der Waals surface area contributed by atoms with Crippen molar-refractivity contribution in [2.45, 2.75) is 0 Å². The number of fused-ring (bicyclic) bond motifs is 8. The van der Waals surface area contributed by atoms with Crippen molar-refractivity contribution in [1.29, 1.82) is 0 Å². The normalized spacial score (nSPS) is 12.0.